The summed E-state index contributed by atoms with van der Waals surface area (Å²) in [6.07, 6.45) is 1.25. The summed E-state index contributed by atoms with van der Waals surface area (Å²) in [6, 6.07) is 8.91. The van der Waals surface area contributed by atoms with E-state index in [0.717, 1.165) is 11.8 Å². The zero-order valence-electron chi connectivity index (χ0n) is 9.95. The third kappa shape index (κ3) is 1.82. The molecule has 2 nitrogen and oxygen atoms in total. The van der Waals surface area contributed by atoms with Crippen LogP contribution >= 0.6 is 0 Å². The Labute approximate surface area is 97.6 Å². The van der Waals surface area contributed by atoms with Crippen molar-refractivity contribution in [2.24, 2.45) is 11.8 Å². The standard InChI is InChI=1S/C14H20N2/c1-11-6-13-4-2-3-5-14(13)16(9-11)10-12-7-15-8-12/h2-5,11-12,15H,6-10H2,1H3. The molecule has 2 heterocycles. The molecule has 0 radical (unpaired) electrons. The smallest absolute Gasteiger partial charge is 0.0399 e. The monoisotopic (exact) mass is 216 g/mol. The maximum Gasteiger partial charge on any atom is 0.0399 e. The predicted octanol–water partition coefficient (Wildman–Crippen LogP) is 1.90. The molecule has 0 aliphatic carbocycles. The minimum atomic E-state index is 0.794. The normalized spacial score (nSPS) is 25.1. The van der Waals surface area contributed by atoms with Gasteiger partial charge in [0.25, 0.3) is 0 Å². The molecule has 0 aromatic heterocycles. The topological polar surface area (TPSA) is 15.3 Å². The summed E-state index contributed by atoms with van der Waals surface area (Å²) in [5.74, 6) is 1.65. The van der Waals surface area contributed by atoms with Crippen molar-refractivity contribution in [1.29, 1.82) is 0 Å². The summed E-state index contributed by atoms with van der Waals surface area (Å²) in [5.41, 5.74) is 3.01. The Morgan fingerprint density at radius 1 is 1.31 bits per heavy atom. The number of anilines is 1. The fourth-order valence-electron chi connectivity index (χ4n) is 2.87. The van der Waals surface area contributed by atoms with Crippen LogP contribution in [-0.2, 0) is 6.42 Å². The number of benzene rings is 1. The molecule has 0 amide bonds. The number of fused-ring (bicyclic) bond motifs is 1. The number of para-hydroxylation sites is 1. The highest BCUT2D eigenvalue weighted by Crippen LogP contribution is 2.30. The lowest BCUT2D eigenvalue weighted by Gasteiger charge is -2.39. The van der Waals surface area contributed by atoms with Gasteiger partial charge >= 0.3 is 0 Å². The molecule has 0 saturated carbocycles. The van der Waals surface area contributed by atoms with Crippen LogP contribution in [0.5, 0.6) is 0 Å². The van der Waals surface area contributed by atoms with E-state index >= 15 is 0 Å². The summed E-state index contributed by atoms with van der Waals surface area (Å²) in [4.78, 5) is 2.59. The lowest BCUT2D eigenvalue weighted by Crippen LogP contribution is -2.50. The fourth-order valence-corrected chi connectivity index (χ4v) is 2.87. The van der Waals surface area contributed by atoms with Gasteiger partial charge in [-0.25, -0.2) is 0 Å². The molecule has 86 valence electrons. The maximum absolute atomic E-state index is 3.36. The van der Waals surface area contributed by atoms with E-state index in [4.69, 9.17) is 0 Å². The van der Waals surface area contributed by atoms with Crippen molar-refractivity contribution in [1.82, 2.24) is 5.32 Å². The van der Waals surface area contributed by atoms with E-state index in [1.54, 1.807) is 0 Å². The molecular weight excluding hydrogens is 196 g/mol. The van der Waals surface area contributed by atoms with E-state index < -0.39 is 0 Å². The lowest BCUT2D eigenvalue weighted by atomic mass is 9.92. The van der Waals surface area contributed by atoms with Gasteiger partial charge in [0.05, 0.1) is 0 Å². The van der Waals surface area contributed by atoms with Gasteiger partial charge in [0.1, 0.15) is 0 Å². The van der Waals surface area contributed by atoms with Crippen LogP contribution in [0.4, 0.5) is 5.69 Å². The zero-order chi connectivity index (χ0) is 11.0. The average molecular weight is 216 g/mol. The maximum atomic E-state index is 3.36. The van der Waals surface area contributed by atoms with Crippen LogP contribution in [-0.4, -0.2) is 26.2 Å². The van der Waals surface area contributed by atoms with Crippen molar-refractivity contribution in [2.75, 3.05) is 31.1 Å². The molecule has 1 aromatic rings. The Morgan fingerprint density at radius 3 is 2.88 bits per heavy atom. The van der Waals surface area contributed by atoms with Gasteiger partial charge in [-0.2, -0.15) is 0 Å². The van der Waals surface area contributed by atoms with Crippen molar-refractivity contribution in [2.45, 2.75) is 13.3 Å². The number of rotatable bonds is 2. The first-order valence-corrected chi connectivity index (χ1v) is 6.36. The molecular formula is C14H20N2. The van der Waals surface area contributed by atoms with Gasteiger partial charge in [-0.1, -0.05) is 25.1 Å². The quantitative estimate of drug-likeness (QED) is 0.812. The van der Waals surface area contributed by atoms with Crippen molar-refractivity contribution >= 4 is 5.69 Å². The molecule has 0 bridgehead atoms. The molecule has 2 aliphatic rings. The van der Waals surface area contributed by atoms with Crippen molar-refractivity contribution in [3.8, 4) is 0 Å². The van der Waals surface area contributed by atoms with Gasteiger partial charge in [-0.3, -0.25) is 0 Å². The molecule has 2 aliphatic heterocycles. The van der Waals surface area contributed by atoms with E-state index in [0.29, 0.717) is 0 Å². The molecule has 0 spiro atoms. The molecule has 1 N–H and O–H groups in total. The lowest BCUT2D eigenvalue weighted by molar-refractivity contribution is 0.340. The zero-order valence-corrected chi connectivity index (χ0v) is 9.95. The Balaban J connectivity index is 1.82. The van der Waals surface area contributed by atoms with Crippen LogP contribution in [0.2, 0.25) is 0 Å². The molecule has 1 atom stereocenters. The Kier molecular flexibility index (Phi) is 2.60. The van der Waals surface area contributed by atoms with Crippen molar-refractivity contribution in [3.05, 3.63) is 29.8 Å². The molecule has 1 saturated heterocycles. The Morgan fingerprint density at radius 2 is 2.12 bits per heavy atom. The number of nitrogens with zero attached hydrogens (tertiary/aromatic N) is 1. The molecule has 3 rings (SSSR count). The SMILES string of the molecule is CC1Cc2ccccc2N(CC2CNC2)C1. The number of nitrogens with one attached hydrogen (secondary N) is 1. The van der Waals surface area contributed by atoms with Crippen LogP contribution in [0.1, 0.15) is 12.5 Å². The van der Waals surface area contributed by atoms with E-state index in [1.165, 1.54) is 43.9 Å². The van der Waals surface area contributed by atoms with Crippen LogP contribution < -0.4 is 10.2 Å². The van der Waals surface area contributed by atoms with Gasteiger partial charge in [-0.05, 0) is 24.0 Å². The van der Waals surface area contributed by atoms with Gasteiger partial charge in [0.15, 0.2) is 0 Å². The first-order valence-electron chi connectivity index (χ1n) is 6.36. The second kappa shape index (κ2) is 4.10. The third-order valence-electron chi connectivity index (χ3n) is 3.78. The van der Waals surface area contributed by atoms with E-state index in [2.05, 4.69) is 41.4 Å². The minimum absolute atomic E-state index is 0.794. The summed E-state index contributed by atoms with van der Waals surface area (Å²) in [7, 11) is 0. The Bertz CT molecular complexity index is 371. The summed E-state index contributed by atoms with van der Waals surface area (Å²) in [6.45, 7) is 7.23. The third-order valence-corrected chi connectivity index (χ3v) is 3.78. The van der Waals surface area contributed by atoms with Crippen LogP contribution in [0.3, 0.4) is 0 Å². The van der Waals surface area contributed by atoms with Gasteiger partial charge in [0.2, 0.25) is 0 Å². The Hall–Kier alpha value is -1.02. The van der Waals surface area contributed by atoms with Gasteiger partial charge < -0.3 is 10.2 Å². The molecule has 2 heteroatoms. The first-order chi connectivity index (χ1) is 7.83. The fraction of sp³-hybridized carbons (Fsp3) is 0.571. The highest BCUT2D eigenvalue weighted by Gasteiger charge is 2.25. The summed E-state index contributed by atoms with van der Waals surface area (Å²) in [5, 5.41) is 3.36. The highest BCUT2D eigenvalue weighted by atomic mass is 15.2. The van der Waals surface area contributed by atoms with Gasteiger partial charge in [-0.15, -0.1) is 0 Å². The average Bonchev–Trinajstić information content (AvgIpc) is 2.23. The van der Waals surface area contributed by atoms with Crippen molar-refractivity contribution < 1.29 is 0 Å². The van der Waals surface area contributed by atoms with E-state index in [-0.39, 0.29) is 0 Å². The van der Waals surface area contributed by atoms with Crippen molar-refractivity contribution in [3.63, 3.8) is 0 Å². The van der Waals surface area contributed by atoms with Crippen LogP contribution in [0, 0.1) is 11.8 Å². The largest absolute Gasteiger partial charge is 0.371 e. The molecule has 1 aromatic carbocycles. The van der Waals surface area contributed by atoms with E-state index in [9.17, 15) is 0 Å². The summed E-state index contributed by atoms with van der Waals surface area (Å²) >= 11 is 0. The molecule has 16 heavy (non-hydrogen) atoms. The number of hydrogen-bond donors (Lipinski definition) is 1. The molecule has 1 unspecified atom stereocenters. The minimum Gasteiger partial charge on any atom is -0.371 e. The highest BCUT2D eigenvalue weighted by molar-refractivity contribution is 5.55. The first kappa shape index (κ1) is 10.2. The predicted molar refractivity (Wildman–Crippen MR) is 67.9 cm³/mol. The second-order valence-corrected chi connectivity index (χ2v) is 5.37. The van der Waals surface area contributed by atoms with E-state index in [1.807, 2.05) is 0 Å². The van der Waals surface area contributed by atoms with Crippen LogP contribution in [0.25, 0.3) is 0 Å². The summed E-state index contributed by atoms with van der Waals surface area (Å²) < 4.78 is 0. The molecule has 1 fully saturated rings. The second-order valence-electron chi connectivity index (χ2n) is 5.37. The van der Waals surface area contributed by atoms with Crippen LogP contribution in [0.15, 0.2) is 24.3 Å². The van der Waals surface area contributed by atoms with Gasteiger partial charge in [0, 0.05) is 37.8 Å². The number of hydrogen-bond acceptors (Lipinski definition) is 2.